The Kier molecular flexibility index (Phi) is 5.48. The maximum absolute atomic E-state index is 13.0. The van der Waals surface area contributed by atoms with Gasteiger partial charge in [0.1, 0.15) is 6.54 Å². The number of likely N-dealkylation sites (tertiary alicyclic amines) is 1. The zero-order chi connectivity index (χ0) is 21.3. The molecule has 1 aliphatic rings. The molecule has 3 amide bonds. The number of aromatic nitrogens is 1. The van der Waals surface area contributed by atoms with Crippen molar-refractivity contribution in [3.63, 3.8) is 0 Å². The van der Waals surface area contributed by atoms with E-state index in [4.69, 9.17) is 0 Å². The quantitative estimate of drug-likeness (QED) is 0.700. The molecule has 1 fully saturated rings. The summed E-state index contributed by atoms with van der Waals surface area (Å²) in [7, 11) is 3.51. The van der Waals surface area contributed by atoms with E-state index in [0.29, 0.717) is 6.54 Å². The number of benzene rings is 2. The minimum Gasteiger partial charge on any atom is -0.347 e. The Labute approximate surface area is 177 Å². The van der Waals surface area contributed by atoms with Gasteiger partial charge in [-0.2, -0.15) is 0 Å². The molecule has 0 radical (unpaired) electrons. The average Bonchev–Trinajstić information content (AvgIpc) is 3.35. The van der Waals surface area contributed by atoms with Crippen LogP contribution in [0.25, 0.3) is 10.9 Å². The van der Waals surface area contributed by atoms with Gasteiger partial charge in [0.15, 0.2) is 0 Å². The Morgan fingerprint density at radius 3 is 2.70 bits per heavy atom. The number of rotatable bonds is 4. The van der Waals surface area contributed by atoms with Crippen molar-refractivity contribution in [1.82, 2.24) is 14.4 Å². The fourth-order valence-corrected chi connectivity index (χ4v) is 4.19. The van der Waals surface area contributed by atoms with Gasteiger partial charge in [-0.25, -0.2) is 4.79 Å². The number of amides is 3. The molecule has 1 aliphatic heterocycles. The zero-order valence-corrected chi connectivity index (χ0v) is 17.8. The SMILES string of the molecule is Cc1ccccc1C1CCCN1C(=O)Nc1ccc2c(ccn2CC(=O)N(C)C)c1. The van der Waals surface area contributed by atoms with Crippen molar-refractivity contribution in [2.24, 2.45) is 0 Å². The third-order valence-electron chi connectivity index (χ3n) is 5.89. The fraction of sp³-hybridized carbons (Fsp3) is 0.333. The van der Waals surface area contributed by atoms with Gasteiger partial charge in [0, 0.05) is 43.4 Å². The zero-order valence-electron chi connectivity index (χ0n) is 17.8. The van der Waals surface area contributed by atoms with E-state index in [1.54, 1.807) is 19.0 Å². The Morgan fingerprint density at radius 1 is 1.13 bits per heavy atom. The lowest BCUT2D eigenvalue weighted by Gasteiger charge is -2.26. The molecule has 4 rings (SSSR count). The first-order valence-electron chi connectivity index (χ1n) is 10.4. The molecule has 1 saturated heterocycles. The molecule has 1 atom stereocenters. The molecule has 0 saturated carbocycles. The number of nitrogens with one attached hydrogen (secondary N) is 1. The predicted molar refractivity (Wildman–Crippen MR) is 120 cm³/mol. The third-order valence-corrected chi connectivity index (χ3v) is 5.89. The van der Waals surface area contributed by atoms with Gasteiger partial charge in [-0.1, -0.05) is 24.3 Å². The summed E-state index contributed by atoms with van der Waals surface area (Å²) in [4.78, 5) is 28.6. The maximum Gasteiger partial charge on any atom is 0.322 e. The van der Waals surface area contributed by atoms with Gasteiger partial charge in [0.25, 0.3) is 0 Å². The van der Waals surface area contributed by atoms with E-state index < -0.39 is 0 Å². The highest BCUT2D eigenvalue weighted by atomic mass is 16.2. The molecule has 156 valence electrons. The van der Waals surface area contributed by atoms with Crippen LogP contribution in [0.5, 0.6) is 0 Å². The van der Waals surface area contributed by atoms with E-state index >= 15 is 0 Å². The second-order valence-electron chi connectivity index (χ2n) is 8.14. The molecule has 2 heterocycles. The highest BCUT2D eigenvalue weighted by Crippen LogP contribution is 2.34. The molecule has 6 heteroatoms. The lowest BCUT2D eigenvalue weighted by Crippen LogP contribution is -2.34. The molecule has 3 aromatic rings. The standard InChI is InChI=1S/C24H28N4O2/c1-17-7-4-5-8-20(17)22-9-6-13-28(22)24(30)25-19-10-11-21-18(15-19)12-14-27(21)16-23(29)26(2)3/h4-5,7-8,10-12,14-15,22H,6,9,13,16H2,1-3H3,(H,25,30). The van der Waals surface area contributed by atoms with E-state index in [9.17, 15) is 9.59 Å². The number of hydrogen-bond acceptors (Lipinski definition) is 2. The summed E-state index contributed by atoms with van der Waals surface area (Å²) in [6.45, 7) is 3.16. The first-order valence-corrected chi connectivity index (χ1v) is 10.4. The van der Waals surface area contributed by atoms with Crippen LogP contribution in [0.15, 0.2) is 54.7 Å². The number of urea groups is 1. The Bertz CT molecular complexity index is 1090. The second kappa shape index (κ2) is 8.22. The van der Waals surface area contributed by atoms with Crippen LogP contribution in [0.3, 0.4) is 0 Å². The van der Waals surface area contributed by atoms with Gasteiger partial charge in [0.2, 0.25) is 5.91 Å². The van der Waals surface area contributed by atoms with E-state index in [1.165, 1.54) is 11.1 Å². The minimum atomic E-state index is -0.0673. The summed E-state index contributed by atoms with van der Waals surface area (Å²) in [5.41, 5.74) is 4.18. The van der Waals surface area contributed by atoms with Crippen LogP contribution in [-0.4, -0.2) is 46.9 Å². The van der Waals surface area contributed by atoms with Crippen LogP contribution in [0.2, 0.25) is 0 Å². The van der Waals surface area contributed by atoms with Crippen molar-refractivity contribution >= 4 is 28.5 Å². The lowest BCUT2D eigenvalue weighted by molar-refractivity contribution is -0.129. The molecule has 1 aromatic heterocycles. The number of carbonyl (C=O) groups excluding carboxylic acids is 2. The Balaban J connectivity index is 1.50. The summed E-state index contributed by atoms with van der Waals surface area (Å²) in [6, 6.07) is 16.1. The van der Waals surface area contributed by atoms with Crippen LogP contribution in [0.4, 0.5) is 10.5 Å². The smallest absolute Gasteiger partial charge is 0.322 e. The molecular weight excluding hydrogens is 376 g/mol. The van der Waals surface area contributed by atoms with Gasteiger partial charge in [-0.3, -0.25) is 4.79 Å². The summed E-state index contributed by atoms with van der Waals surface area (Å²) < 4.78 is 1.93. The lowest BCUT2D eigenvalue weighted by atomic mass is 9.99. The van der Waals surface area contributed by atoms with Crippen LogP contribution in [-0.2, 0) is 11.3 Å². The molecule has 1 unspecified atom stereocenters. The van der Waals surface area contributed by atoms with Gasteiger partial charge < -0.3 is 19.7 Å². The van der Waals surface area contributed by atoms with Crippen molar-refractivity contribution in [3.8, 4) is 0 Å². The highest BCUT2D eigenvalue weighted by molar-refractivity contribution is 5.93. The van der Waals surface area contributed by atoms with Crippen molar-refractivity contribution in [1.29, 1.82) is 0 Å². The van der Waals surface area contributed by atoms with Crippen molar-refractivity contribution < 1.29 is 9.59 Å². The van der Waals surface area contributed by atoms with E-state index in [0.717, 1.165) is 36.0 Å². The highest BCUT2D eigenvalue weighted by Gasteiger charge is 2.30. The molecule has 6 nitrogen and oxygen atoms in total. The van der Waals surface area contributed by atoms with Gasteiger partial charge in [-0.05, 0) is 55.2 Å². The topological polar surface area (TPSA) is 57.6 Å². The van der Waals surface area contributed by atoms with Gasteiger partial charge in [0.05, 0.1) is 6.04 Å². The molecular formula is C24H28N4O2. The molecule has 30 heavy (non-hydrogen) atoms. The number of likely N-dealkylation sites (N-methyl/N-ethyl adjacent to an activating group) is 1. The number of anilines is 1. The molecule has 0 spiro atoms. The van der Waals surface area contributed by atoms with Crippen molar-refractivity contribution in [3.05, 3.63) is 65.9 Å². The van der Waals surface area contributed by atoms with Gasteiger partial charge >= 0.3 is 6.03 Å². The number of carbonyl (C=O) groups is 2. The first kappa shape index (κ1) is 20.0. The molecule has 1 N–H and O–H groups in total. The number of fused-ring (bicyclic) bond motifs is 1. The van der Waals surface area contributed by atoms with Gasteiger partial charge in [-0.15, -0.1) is 0 Å². The summed E-state index contributed by atoms with van der Waals surface area (Å²) in [5.74, 6) is 0.0427. The Morgan fingerprint density at radius 2 is 1.93 bits per heavy atom. The number of hydrogen-bond donors (Lipinski definition) is 1. The molecule has 0 aliphatic carbocycles. The monoisotopic (exact) mass is 404 g/mol. The Hall–Kier alpha value is -3.28. The number of nitrogens with zero attached hydrogens (tertiary/aromatic N) is 3. The molecule has 0 bridgehead atoms. The first-order chi connectivity index (χ1) is 14.4. The fourth-order valence-electron chi connectivity index (χ4n) is 4.19. The third kappa shape index (κ3) is 3.90. The number of aryl methyl sites for hydroxylation is 1. The summed E-state index contributed by atoms with van der Waals surface area (Å²) >= 11 is 0. The second-order valence-corrected chi connectivity index (χ2v) is 8.14. The van der Waals surface area contributed by atoms with E-state index in [1.807, 2.05) is 52.1 Å². The van der Waals surface area contributed by atoms with Crippen molar-refractivity contribution in [2.75, 3.05) is 26.0 Å². The van der Waals surface area contributed by atoms with Crippen LogP contribution in [0, 0.1) is 6.92 Å². The summed E-state index contributed by atoms with van der Waals surface area (Å²) in [5, 5.41) is 4.06. The summed E-state index contributed by atoms with van der Waals surface area (Å²) in [6.07, 6.45) is 3.90. The molecule has 2 aromatic carbocycles. The van der Waals surface area contributed by atoms with E-state index in [2.05, 4.69) is 24.4 Å². The van der Waals surface area contributed by atoms with E-state index in [-0.39, 0.29) is 18.0 Å². The largest absolute Gasteiger partial charge is 0.347 e. The van der Waals surface area contributed by atoms with Crippen LogP contribution in [0.1, 0.15) is 30.0 Å². The van der Waals surface area contributed by atoms with Crippen LogP contribution < -0.4 is 5.32 Å². The predicted octanol–water partition coefficient (Wildman–Crippen LogP) is 4.41. The normalized spacial score (nSPS) is 16.1. The van der Waals surface area contributed by atoms with Crippen LogP contribution >= 0.6 is 0 Å². The minimum absolute atomic E-state index is 0.0427. The van der Waals surface area contributed by atoms with Crippen molar-refractivity contribution in [2.45, 2.75) is 32.4 Å². The average molecular weight is 405 g/mol. The maximum atomic E-state index is 13.0.